The van der Waals surface area contributed by atoms with E-state index in [1.165, 1.54) is 11.1 Å². The minimum atomic E-state index is 0.244. The van der Waals surface area contributed by atoms with E-state index in [1.54, 1.807) is 6.92 Å². The lowest BCUT2D eigenvalue weighted by Crippen LogP contribution is -2.42. The van der Waals surface area contributed by atoms with Gasteiger partial charge in [0.15, 0.2) is 5.78 Å². The lowest BCUT2D eigenvalue weighted by molar-refractivity contribution is -0.895. The number of rotatable bonds is 4. The normalized spacial score (nSPS) is 11.5. The highest BCUT2D eigenvalue weighted by atomic mass is 16.1. The number of carbonyl (C=O) groups is 1. The smallest absolute Gasteiger partial charge is 0.183 e. The third kappa shape index (κ3) is 3.84. The molecular formula is C13H20NO+. The van der Waals surface area contributed by atoms with E-state index < -0.39 is 0 Å². The molecule has 1 aromatic carbocycles. The van der Waals surface area contributed by atoms with Crippen LogP contribution in [0.25, 0.3) is 0 Å². The molecule has 15 heavy (non-hydrogen) atoms. The summed E-state index contributed by atoms with van der Waals surface area (Å²) in [6, 6.07) is 8.35. The molecule has 1 rings (SSSR count). The third-order valence-corrected chi connectivity index (χ3v) is 2.51. The van der Waals surface area contributed by atoms with Crippen molar-refractivity contribution in [2.75, 3.05) is 20.6 Å². The van der Waals surface area contributed by atoms with Crippen molar-refractivity contribution in [1.29, 1.82) is 0 Å². The Balaban J connectivity index is 2.77. The maximum atomic E-state index is 11.1. The molecule has 0 bridgehead atoms. The van der Waals surface area contributed by atoms with Gasteiger partial charge in [0.05, 0.1) is 14.1 Å². The number of nitrogens with zero attached hydrogens (tertiary/aromatic N) is 1. The van der Waals surface area contributed by atoms with Crippen LogP contribution in [0.3, 0.4) is 0 Å². The number of benzene rings is 1. The summed E-state index contributed by atoms with van der Waals surface area (Å²) in [7, 11) is 4.18. The summed E-state index contributed by atoms with van der Waals surface area (Å²) < 4.78 is 0.722. The van der Waals surface area contributed by atoms with E-state index in [9.17, 15) is 4.79 Å². The van der Waals surface area contributed by atoms with Crippen molar-refractivity contribution in [2.24, 2.45) is 0 Å². The summed E-state index contributed by atoms with van der Waals surface area (Å²) in [4.78, 5) is 11.1. The van der Waals surface area contributed by atoms with Crippen molar-refractivity contribution in [3.63, 3.8) is 0 Å². The second-order valence-corrected chi connectivity index (χ2v) is 4.88. The van der Waals surface area contributed by atoms with Gasteiger partial charge in [-0.2, -0.15) is 0 Å². The Labute approximate surface area is 92.1 Å². The third-order valence-electron chi connectivity index (χ3n) is 2.51. The molecule has 2 nitrogen and oxygen atoms in total. The molecule has 82 valence electrons. The second kappa shape index (κ2) is 4.58. The van der Waals surface area contributed by atoms with Gasteiger partial charge in [0, 0.05) is 12.5 Å². The van der Waals surface area contributed by atoms with Crippen LogP contribution in [0, 0.1) is 6.92 Å². The Bertz CT molecular complexity index is 355. The Hall–Kier alpha value is -1.15. The molecule has 0 aliphatic rings. The number of quaternary nitrogens is 1. The molecule has 0 aliphatic carbocycles. The topological polar surface area (TPSA) is 17.1 Å². The maximum Gasteiger partial charge on any atom is 0.183 e. The molecule has 2 heteroatoms. The van der Waals surface area contributed by atoms with Crippen LogP contribution in [0.5, 0.6) is 0 Å². The van der Waals surface area contributed by atoms with Crippen molar-refractivity contribution >= 4 is 5.78 Å². The number of carbonyl (C=O) groups excluding carboxylic acids is 1. The number of hydrogen-bond donors (Lipinski definition) is 0. The highest BCUT2D eigenvalue weighted by Gasteiger charge is 2.18. The largest absolute Gasteiger partial charge is 0.319 e. The lowest BCUT2D eigenvalue weighted by Gasteiger charge is -2.29. The summed E-state index contributed by atoms with van der Waals surface area (Å²) in [6.07, 6.45) is 0. The fourth-order valence-electron chi connectivity index (χ4n) is 1.91. The van der Waals surface area contributed by atoms with Gasteiger partial charge >= 0.3 is 0 Å². The van der Waals surface area contributed by atoms with Crippen LogP contribution < -0.4 is 0 Å². The first-order valence-electron chi connectivity index (χ1n) is 5.27. The molecular weight excluding hydrogens is 186 g/mol. The molecule has 0 radical (unpaired) electrons. The lowest BCUT2D eigenvalue weighted by atomic mass is 10.1. The molecule has 0 unspecified atom stereocenters. The quantitative estimate of drug-likeness (QED) is 0.690. The van der Waals surface area contributed by atoms with Crippen LogP contribution >= 0.6 is 0 Å². The van der Waals surface area contributed by atoms with Crippen molar-refractivity contribution in [2.45, 2.75) is 20.4 Å². The first kappa shape index (κ1) is 11.9. The van der Waals surface area contributed by atoms with Gasteiger partial charge in [-0.25, -0.2) is 0 Å². The van der Waals surface area contributed by atoms with Gasteiger partial charge in [-0.05, 0) is 12.5 Å². The van der Waals surface area contributed by atoms with E-state index in [2.05, 4.69) is 39.2 Å². The van der Waals surface area contributed by atoms with E-state index in [4.69, 9.17) is 0 Å². The Morgan fingerprint density at radius 1 is 1.27 bits per heavy atom. The molecule has 1 aromatic rings. The Morgan fingerprint density at radius 3 is 2.40 bits per heavy atom. The number of ketones is 1. The molecule has 0 N–H and O–H groups in total. The van der Waals surface area contributed by atoms with E-state index in [0.717, 1.165) is 11.0 Å². The van der Waals surface area contributed by atoms with Crippen LogP contribution in [0.2, 0.25) is 0 Å². The predicted octanol–water partition coefficient (Wildman–Crippen LogP) is 2.16. The predicted molar refractivity (Wildman–Crippen MR) is 62.5 cm³/mol. The van der Waals surface area contributed by atoms with Crippen LogP contribution in [-0.2, 0) is 11.3 Å². The summed E-state index contributed by atoms with van der Waals surface area (Å²) >= 11 is 0. The van der Waals surface area contributed by atoms with Crippen LogP contribution in [-0.4, -0.2) is 30.9 Å². The first-order chi connectivity index (χ1) is 6.91. The van der Waals surface area contributed by atoms with Crippen molar-refractivity contribution in [3.05, 3.63) is 35.4 Å². The zero-order chi connectivity index (χ0) is 11.5. The second-order valence-electron chi connectivity index (χ2n) is 4.88. The SMILES string of the molecule is CC(=O)C[N+](C)(C)Cc1ccccc1C. The van der Waals surface area contributed by atoms with Gasteiger partial charge in [-0.1, -0.05) is 24.3 Å². The molecule has 0 heterocycles. The molecule has 0 spiro atoms. The Kier molecular flexibility index (Phi) is 3.64. The molecule has 0 aromatic heterocycles. The van der Waals surface area contributed by atoms with E-state index >= 15 is 0 Å². The molecule has 0 saturated carbocycles. The maximum absolute atomic E-state index is 11.1. The molecule has 0 fully saturated rings. The zero-order valence-electron chi connectivity index (χ0n) is 10.1. The standard InChI is InChI=1S/C13H20NO/c1-11-7-5-6-8-13(11)10-14(3,4)9-12(2)15/h5-8H,9-10H2,1-4H3/q+1. The van der Waals surface area contributed by atoms with Crippen molar-refractivity contribution < 1.29 is 9.28 Å². The average Bonchev–Trinajstić information content (AvgIpc) is 2.06. The molecule has 0 saturated heterocycles. The fourth-order valence-corrected chi connectivity index (χ4v) is 1.91. The van der Waals surface area contributed by atoms with Crippen molar-refractivity contribution in [3.8, 4) is 0 Å². The van der Waals surface area contributed by atoms with E-state index in [1.807, 2.05) is 6.07 Å². The van der Waals surface area contributed by atoms with Crippen molar-refractivity contribution in [1.82, 2.24) is 0 Å². The number of hydrogen-bond acceptors (Lipinski definition) is 1. The zero-order valence-corrected chi connectivity index (χ0v) is 10.1. The Morgan fingerprint density at radius 2 is 1.87 bits per heavy atom. The summed E-state index contributed by atoms with van der Waals surface area (Å²) in [5.74, 6) is 0.244. The van der Waals surface area contributed by atoms with Gasteiger partial charge in [0.25, 0.3) is 0 Å². The monoisotopic (exact) mass is 206 g/mol. The highest BCUT2D eigenvalue weighted by Crippen LogP contribution is 2.13. The number of likely N-dealkylation sites (N-methyl/N-ethyl adjacent to an activating group) is 1. The van der Waals surface area contributed by atoms with Crippen LogP contribution in [0.15, 0.2) is 24.3 Å². The summed E-state index contributed by atoms with van der Waals surface area (Å²) in [5, 5.41) is 0. The summed E-state index contributed by atoms with van der Waals surface area (Å²) in [5.41, 5.74) is 2.62. The van der Waals surface area contributed by atoms with E-state index in [-0.39, 0.29) is 5.78 Å². The minimum Gasteiger partial charge on any atom is -0.319 e. The first-order valence-corrected chi connectivity index (χ1v) is 5.27. The average molecular weight is 206 g/mol. The fraction of sp³-hybridized carbons (Fsp3) is 0.462. The minimum absolute atomic E-state index is 0.244. The van der Waals surface area contributed by atoms with E-state index in [0.29, 0.717) is 6.54 Å². The van der Waals surface area contributed by atoms with Gasteiger partial charge < -0.3 is 4.48 Å². The number of Topliss-reactive ketones (excluding diaryl/α,β-unsaturated/α-hetero) is 1. The summed E-state index contributed by atoms with van der Waals surface area (Å²) in [6.45, 7) is 5.27. The van der Waals surface area contributed by atoms with Crippen LogP contribution in [0.1, 0.15) is 18.1 Å². The molecule has 0 atom stereocenters. The van der Waals surface area contributed by atoms with Gasteiger partial charge in [0.1, 0.15) is 13.1 Å². The number of aryl methyl sites for hydroxylation is 1. The molecule has 0 amide bonds. The van der Waals surface area contributed by atoms with Gasteiger partial charge in [-0.15, -0.1) is 0 Å². The molecule has 0 aliphatic heterocycles. The van der Waals surface area contributed by atoms with Crippen LogP contribution in [0.4, 0.5) is 0 Å². The van der Waals surface area contributed by atoms with Gasteiger partial charge in [0.2, 0.25) is 0 Å². The highest BCUT2D eigenvalue weighted by molar-refractivity contribution is 5.76. The van der Waals surface area contributed by atoms with Gasteiger partial charge in [-0.3, -0.25) is 4.79 Å².